The lowest BCUT2D eigenvalue weighted by Gasteiger charge is -2.11. The SMILES string of the molecule is CCCn1cc(CNC(=O)C(C)NS(C)(=O)=O)cn1. The molecule has 2 N–H and O–H groups in total. The van der Waals surface area contributed by atoms with E-state index in [9.17, 15) is 13.2 Å². The minimum absolute atomic E-state index is 0.332. The standard InChI is InChI=1S/C11H20N4O3S/c1-4-5-15-8-10(7-13-15)6-12-11(16)9(2)14-19(3,17)18/h7-9,14H,4-6H2,1-3H3,(H,12,16). The van der Waals surface area contributed by atoms with Crippen LogP contribution in [0.4, 0.5) is 0 Å². The van der Waals surface area contributed by atoms with Crippen molar-refractivity contribution in [3.63, 3.8) is 0 Å². The van der Waals surface area contributed by atoms with Crippen LogP contribution in [0.1, 0.15) is 25.8 Å². The monoisotopic (exact) mass is 288 g/mol. The Kier molecular flexibility index (Phi) is 5.49. The average Bonchev–Trinajstić information content (AvgIpc) is 2.72. The molecule has 1 amide bonds. The smallest absolute Gasteiger partial charge is 0.238 e. The van der Waals surface area contributed by atoms with Gasteiger partial charge in [-0.2, -0.15) is 5.10 Å². The summed E-state index contributed by atoms with van der Waals surface area (Å²) in [7, 11) is -3.38. The zero-order valence-electron chi connectivity index (χ0n) is 11.4. The highest BCUT2D eigenvalue weighted by molar-refractivity contribution is 7.88. The third kappa shape index (κ3) is 5.84. The van der Waals surface area contributed by atoms with Crippen molar-refractivity contribution >= 4 is 15.9 Å². The highest BCUT2D eigenvalue weighted by Crippen LogP contribution is 1.98. The number of nitrogens with zero attached hydrogens (tertiary/aromatic N) is 2. The van der Waals surface area contributed by atoms with Gasteiger partial charge in [-0.25, -0.2) is 13.1 Å². The van der Waals surface area contributed by atoms with E-state index in [1.165, 1.54) is 6.92 Å². The predicted octanol–water partition coefficient (Wildman–Crippen LogP) is -0.153. The van der Waals surface area contributed by atoms with Crippen LogP contribution in [-0.4, -0.2) is 36.4 Å². The molecule has 1 rings (SSSR count). The van der Waals surface area contributed by atoms with Crippen molar-refractivity contribution in [1.82, 2.24) is 19.8 Å². The Morgan fingerprint density at radius 1 is 1.53 bits per heavy atom. The summed E-state index contributed by atoms with van der Waals surface area (Å²) in [6.45, 7) is 4.72. The van der Waals surface area contributed by atoms with E-state index in [4.69, 9.17) is 0 Å². The average molecular weight is 288 g/mol. The second kappa shape index (κ2) is 6.67. The lowest BCUT2D eigenvalue weighted by Crippen LogP contribution is -2.44. The van der Waals surface area contributed by atoms with Crippen LogP contribution < -0.4 is 10.0 Å². The maximum atomic E-state index is 11.7. The van der Waals surface area contributed by atoms with Crippen LogP contribution in [0.3, 0.4) is 0 Å². The normalized spacial score (nSPS) is 13.2. The molecule has 0 aliphatic rings. The Bertz CT molecular complexity index is 524. The fourth-order valence-electron chi connectivity index (χ4n) is 1.57. The molecular weight excluding hydrogens is 268 g/mol. The topological polar surface area (TPSA) is 93.1 Å². The van der Waals surface area contributed by atoms with Gasteiger partial charge in [0.05, 0.1) is 18.5 Å². The molecule has 1 unspecified atom stereocenters. The first-order valence-corrected chi connectivity index (χ1v) is 7.97. The van der Waals surface area contributed by atoms with Gasteiger partial charge in [-0.1, -0.05) is 6.92 Å². The van der Waals surface area contributed by atoms with Crippen LogP contribution in [0.2, 0.25) is 0 Å². The molecule has 1 aromatic rings. The number of nitrogens with one attached hydrogen (secondary N) is 2. The number of aryl methyl sites for hydroxylation is 1. The van der Waals surface area contributed by atoms with Crippen LogP contribution >= 0.6 is 0 Å². The van der Waals surface area contributed by atoms with Crippen molar-refractivity contribution in [2.45, 2.75) is 39.4 Å². The van der Waals surface area contributed by atoms with E-state index >= 15 is 0 Å². The molecule has 0 saturated heterocycles. The van der Waals surface area contributed by atoms with E-state index in [0.717, 1.165) is 24.8 Å². The molecule has 0 saturated carbocycles. The number of carbonyl (C=O) groups excluding carboxylic acids is 1. The lowest BCUT2D eigenvalue weighted by atomic mass is 10.3. The van der Waals surface area contributed by atoms with Crippen molar-refractivity contribution in [2.75, 3.05) is 6.26 Å². The number of sulfonamides is 1. The highest BCUT2D eigenvalue weighted by Gasteiger charge is 2.16. The largest absolute Gasteiger partial charge is 0.351 e. The summed E-state index contributed by atoms with van der Waals surface area (Å²) in [5.74, 6) is -0.367. The van der Waals surface area contributed by atoms with Crippen LogP contribution in [0, 0.1) is 0 Å². The number of amides is 1. The Morgan fingerprint density at radius 2 is 2.21 bits per heavy atom. The summed E-state index contributed by atoms with van der Waals surface area (Å²) < 4.78 is 26.0. The van der Waals surface area contributed by atoms with E-state index < -0.39 is 16.1 Å². The van der Waals surface area contributed by atoms with Gasteiger partial charge in [-0.3, -0.25) is 9.48 Å². The quantitative estimate of drug-likeness (QED) is 0.729. The van der Waals surface area contributed by atoms with Gasteiger partial charge >= 0.3 is 0 Å². The molecule has 19 heavy (non-hydrogen) atoms. The molecule has 1 heterocycles. The van der Waals surface area contributed by atoms with Gasteiger partial charge in [0, 0.05) is 24.8 Å². The number of aromatic nitrogens is 2. The summed E-state index contributed by atoms with van der Waals surface area (Å²) in [6, 6.07) is -0.791. The third-order valence-corrected chi connectivity index (χ3v) is 3.17. The fraction of sp³-hybridized carbons (Fsp3) is 0.636. The van der Waals surface area contributed by atoms with Crippen molar-refractivity contribution in [3.8, 4) is 0 Å². The van der Waals surface area contributed by atoms with Gasteiger partial charge in [-0.15, -0.1) is 0 Å². The van der Waals surface area contributed by atoms with Crippen LogP contribution in [-0.2, 0) is 27.9 Å². The van der Waals surface area contributed by atoms with E-state index in [1.807, 2.05) is 6.20 Å². The predicted molar refractivity (Wildman–Crippen MR) is 71.8 cm³/mol. The first-order chi connectivity index (χ1) is 8.81. The molecular formula is C11H20N4O3S. The number of hydrogen-bond donors (Lipinski definition) is 2. The summed E-state index contributed by atoms with van der Waals surface area (Å²) in [4.78, 5) is 11.7. The molecule has 0 radical (unpaired) electrons. The molecule has 0 spiro atoms. The van der Waals surface area contributed by atoms with Crippen molar-refractivity contribution in [3.05, 3.63) is 18.0 Å². The third-order valence-electron chi connectivity index (χ3n) is 2.39. The summed E-state index contributed by atoms with van der Waals surface area (Å²) in [5.41, 5.74) is 0.883. The minimum atomic E-state index is -3.38. The van der Waals surface area contributed by atoms with Gasteiger partial charge in [-0.05, 0) is 13.3 Å². The second-order valence-corrected chi connectivity index (χ2v) is 6.22. The Balaban J connectivity index is 2.44. The molecule has 0 aliphatic heterocycles. The summed E-state index contributed by atoms with van der Waals surface area (Å²) in [6.07, 6.45) is 5.55. The van der Waals surface area contributed by atoms with E-state index in [2.05, 4.69) is 22.1 Å². The van der Waals surface area contributed by atoms with Crippen molar-refractivity contribution in [2.24, 2.45) is 0 Å². The zero-order valence-corrected chi connectivity index (χ0v) is 12.2. The van der Waals surface area contributed by atoms with Crippen LogP contribution in [0.5, 0.6) is 0 Å². The molecule has 108 valence electrons. The fourth-order valence-corrected chi connectivity index (χ4v) is 2.32. The molecule has 8 heteroatoms. The molecule has 0 aliphatic carbocycles. The molecule has 1 aromatic heterocycles. The number of rotatable bonds is 7. The molecule has 0 aromatic carbocycles. The second-order valence-electron chi connectivity index (χ2n) is 4.44. The van der Waals surface area contributed by atoms with Crippen LogP contribution in [0.25, 0.3) is 0 Å². The van der Waals surface area contributed by atoms with Gasteiger partial charge in [0.1, 0.15) is 0 Å². The van der Waals surface area contributed by atoms with E-state index in [1.54, 1.807) is 10.9 Å². The van der Waals surface area contributed by atoms with Crippen LogP contribution in [0.15, 0.2) is 12.4 Å². The van der Waals surface area contributed by atoms with Gasteiger partial charge < -0.3 is 5.32 Å². The molecule has 0 fully saturated rings. The minimum Gasteiger partial charge on any atom is -0.351 e. The molecule has 7 nitrogen and oxygen atoms in total. The maximum absolute atomic E-state index is 11.7. The first kappa shape index (κ1) is 15.6. The van der Waals surface area contributed by atoms with Gasteiger partial charge in [0.25, 0.3) is 0 Å². The van der Waals surface area contributed by atoms with Gasteiger partial charge in [0.2, 0.25) is 15.9 Å². The highest BCUT2D eigenvalue weighted by atomic mass is 32.2. The Labute approximate surface area is 113 Å². The van der Waals surface area contributed by atoms with E-state index in [-0.39, 0.29) is 5.91 Å². The molecule has 1 atom stereocenters. The number of hydrogen-bond acceptors (Lipinski definition) is 4. The Hall–Kier alpha value is -1.41. The first-order valence-electron chi connectivity index (χ1n) is 6.08. The number of carbonyl (C=O) groups is 1. The summed E-state index contributed by atoms with van der Waals surface area (Å²) in [5, 5.41) is 6.80. The summed E-state index contributed by atoms with van der Waals surface area (Å²) >= 11 is 0. The zero-order chi connectivity index (χ0) is 14.5. The Morgan fingerprint density at radius 3 is 2.79 bits per heavy atom. The lowest BCUT2D eigenvalue weighted by molar-refractivity contribution is -0.122. The maximum Gasteiger partial charge on any atom is 0.238 e. The van der Waals surface area contributed by atoms with Gasteiger partial charge in [0.15, 0.2) is 0 Å². The van der Waals surface area contributed by atoms with Crippen molar-refractivity contribution in [1.29, 1.82) is 0 Å². The van der Waals surface area contributed by atoms with Crippen molar-refractivity contribution < 1.29 is 13.2 Å². The molecule has 0 bridgehead atoms. The van der Waals surface area contributed by atoms with E-state index in [0.29, 0.717) is 6.54 Å².